The molecular weight excluding hydrogens is 296 g/mol. The Morgan fingerprint density at radius 2 is 1.21 bits per heavy atom. The molecule has 0 aromatic heterocycles. The molecule has 2 aromatic carbocycles. The van der Waals surface area contributed by atoms with Gasteiger partial charge >= 0.3 is 0 Å². The second-order valence-electron chi connectivity index (χ2n) is 6.68. The van der Waals surface area contributed by atoms with Gasteiger partial charge in [-0.25, -0.2) is 0 Å². The van der Waals surface area contributed by atoms with Gasteiger partial charge in [-0.1, -0.05) is 42.8 Å². The van der Waals surface area contributed by atoms with Crippen molar-refractivity contribution in [3.05, 3.63) is 59.7 Å². The van der Waals surface area contributed by atoms with E-state index >= 15 is 0 Å². The lowest BCUT2D eigenvalue weighted by Crippen LogP contribution is -2.17. The van der Waals surface area contributed by atoms with E-state index in [9.17, 15) is 5.11 Å². The van der Waals surface area contributed by atoms with Gasteiger partial charge in [-0.2, -0.15) is 0 Å². The molecule has 0 unspecified atom stereocenters. The molecule has 1 N–H and O–H groups in total. The van der Waals surface area contributed by atoms with Gasteiger partial charge in [0.1, 0.15) is 0 Å². The summed E-state index contributed by atoms with van der Waals surface area (Å²) in [6, 6.07) is 17.3. The summed E-state index contributed by atoms with van der Waals surface area (Å²) in [4.78, 5) is 4.37. The third-order valence-corrected chi connectivity index (χ3v) is 4.49. The number of unbranched alkanes of at least 4 members (excludes halogenated alkanes) is 1. The zero-order valence-electron chi connectivity index (χ0n) is 15.4. The molecule has 2 rings (SSSR count). The Morgan fingerprint density at radius 1 is 0.750 bits per heavy atom. The average molecular weight is 326 g/mol. The van der Waals surface area contributed by atoms with Gasteiger partial charge in [-0.05, 0) is 36.1 Å². The smallest absolute Gasteiger partial charge is 0.0431 e. The van der Waals surface area contributed by atoms with E-state index in [1.165, 1.54) is 22.5 Å². The van der Waals surface area contributed by atoms with E-state index in [0.29, 0.717) is 5.92 Å². The summed E-state index contributed by atoms with van der Waals surface area (Å²) in [5.74, 6) is 0.328. The Balaban J connectivity index is 2.50. The van der Waals surface area contributed by atoms with Crippen LogP contribution in [0.4, 0.5) is 11.4 Å². The van der Waals surface area contributed by atoms with Gasteiger partial charge in [0.05, 0.1) is 0 Å². The number of anilines is 2. The predicted molar refractivity (Wildman–Crippen MR) is 104 cm³/mol. The van der Waals surface area contributed by atoms with E-state index in [0.717, 1.165) is 19.3 Å². The fourth-order valence-corrected chi connectivity index (χ4v) is 3.32. The van der Waals surface area contributed by atoms with Crippen LogP contribution in [0.15, 0.2) is 48.5 Å². The maximum absolute atomic E-state index is 9.19. The molecule has 0 heterocycles. The van der Waals surface area contributed by atoms with Crippen LogP contribution < -0.4 is 9.80 Å². The van der Waals surface area contributed by atoms with Crippen LogP contribution >= 0.6 is 0 Å². The molecule has 0 bridgehead atoms. The molecule has 0 amide bonds. The van der Waals surface area contributed by atoms with Crippen LogP contribution in [0.25, 0.3) is 0 Å². The van der Waals surface area contributed by atoms with E-state index < -0.39 is 0 Å². The largest absolute Gasteiger partial charge is 0.396 e. The van der Waals surface area contributed by atoms with Crippen molar-refractivity contribution in [1.82, 2.24) is 0 Å². The second kappa shape index (κ2) is 8.74. The van der Waals surface area contributed by atoms with Crippen molar-refractivity contribution >= 4 is 11.4 Å². The van der Waals surface area contributed by atoms with Crippen LogP contribution in [0.3, 0.4) is 0 Å². The summed E-state index contributed by atoms with van der Waals surface area (Å²) in [7, 11) is 8.39. The molecule has 0 atom stereocenters. The second-order valence-corrected chi connectivity index (χ2v) is 6.68. The topological polar surface area (TPSA) is 26.7 Å². The molecule has 2 aromatic rings. The van der Waals surface area contributed by atoms with Gasteiger partial charge < -0.3 is 14.9 Å². The molecule has 3 heteroatoms. The number of benzene rings is 2. The molecule has 0 spiro atoms. The first-order valence-electron chi connectivity index (χ1n) is 8.69. The fourth-order valence-electron chi connectivity index (χ4n) is 3.32. The first-order chi connectivity index (χ1) is 11.6. The van der Waals surface area contributed by atoms with Crippen LogP contribution in [-0.2, 0) is 0 Å². The highest BCUT2D eigenvalue weighted by Gasteiger charge is 2.21. The van der Waals surface area contributed by atoms with Crippen LogP contribution in [0, 0.1) is 0 Å². The normalized spacial score (nSPS) is 10.9. The third-order valence-electron chi connectivity index (χ3n) is 4.49. The van der Waals surface area contributed by atoms with Gasteiger partial charge in [0.15, 0.2) is 0 Å². The Kier molecular flexibility index (Phi) is 6.68. The summed E-state index contributed by atoms with van der Waals surface area (Å²) in [5.41, 5.74) is 5.24. The van der Waals surface area contributed by atoms with Crippen molar-refractivity contribution in [3.63, 3.8) is 0 Å². The maximum Gasteiger partial charge on any atom is 0.0431 e. The van der Waals surface area contributed by atoms with E-state index in [-0.39, 0.29) is 6.61 Å². The number of hydrogen-bond acceptors (Lipinski definition) is 3. The zero-order chi connectivity index (χ0) is 17.5. The van der Waals surface area contributed by atoms with Crippen molar-refractivity contribution in [2.24, 2.45) is 0 Å². The number of aliphatic hydroxyl groups is 1. The summed E-state index contributed by atoms with van der Waals surface area (Å²) in [6.07, 6.45) is 2.91. The van der Waals surface area contributed by atoms with E-state index in [1.807, 2.05) is 0 Å². The Labute approximate surface area is 146 Å². The van der Waals surface area contributed by atoms with Crippen molar-refractivity contribution in [2.75, 3.05) is 44.6 Å². The lowest BCUT2D eigenvalue weighted by Gasteiger charge is -2.28. The highest BCUT2D eigenvalue weighted by Crippen LogP contribution is 2.39. The van der Waals surface area contributed by atoms with Crippen LogP contribution in [0.5, 0.6) is 0 Å². The number of aliphatic hydroxyl groups excluding tert-OH is 1. The number of hydrogen-bond donors (Lipinski definition) is 1. The summed E-state index contributed by atoms with van der Waals surface area (Å²) in [6.45, 7) is 0.261. The molecule has 0 aliphatic carbocycles. The molecular formula is C21H30N2O. The minimum Gasteiger partial charge on any atom is -0.396 e. The Hall–Kier alpha value is -2.00. The Bertz CT molecular complexity index is 586. The predicted octanol–water partition coefficient (Wildman–Crippen LogP) is 4.11. The van der Waals surface area contributed by atoms with E-state index in [2.05, 4.69) is 86.5 Å². The average Bonchev–Trinajstić information content (AvgIpc) is 2.59. The van der Waals surface area contributed by atoms with Crippen LogP contribution in [-0.4, -0.2) is 39.9 Å². The standard InChI is InChI=1S/C21H30N2O/c1-22(2)20-14-7-5-12-18(20)17(11-9-10-16-24)19-13-6-8-15-21(19)23(3)4/h5-8,12-15,17,24H,9-11,16H2,1-4H3. The first-order valence-corrected chi connectivity index (χ1v) is 8.69. The number of para-hydroxylation sites is 2. The molecule has 0 saturated heterocycles. The van der Waals surface area contributed by atoms with Gasteiger partial charge in [0.25, 0.3) is 0 Å². The molecule has 24 heavy (non-hydrogen) atoms. The summed E-state index contributed by atoms with van der Waals surface area (Å²) in [5, 5.41) is 9.19. The highest BCUT2D eigenvalue weighted by atomic mass is 16.2. The quantitative estimate of drug-likeness (QED) is 0.740. The van der Waals surface area contributed by atoms with Gasteiger partial charge in [-0.15, -0.1) is 0 Å². The van der Waals surface area contributed by atoms with E-state index in [4.69, 9.17) is 0 Å². The third kappa shape index (κ3) is 4.30. The summed E-state index contributed by atoms with van der Waals surface area (Å²) >= 11 is 0. The molecule has 130 valence electrons. The monoisotopic (exact) mass is 326 g/mol. The minimum absolute atomic E-state index is 0.261. The molecule has 0 aliphatic heterocycles. The maximum atomic E-state index is 9.19. The van der Waals surface area contributed by atoms with E-state index in [1.54, 1.807) is 0 Å². The SMILES string of the molecule is CN(C)c1ccccc1C(CCCCO)c1ccccc1N(C)C. The lowest BCUT2D eigenvalue weighted by molar-refractivity contribution is 0.282. The van der Waals surface area contributed by atoms with Crippen molar-refractivity contribution in [1.29, 1.82) is 0 Å². The van der Waals surface area contributed by atoms with Crippen molar-refractivity contribution < 1.29 is 5.11 Å². The minimum atomic E-state index is 0.261. The van der Waals surface area contributed by atoms with Gasteiger partial charge in [0.2, 0.25) is 0 Å². The number of nitrogens with zero attached hydrogens (tertiary/aromatic N) is 2. The summed E-state index contributed by atoms with van der Waals surface area (Å²) < 4.78 is 0. The van der Waals surface area contributed by atoms with Gasteiger partial charge in [0, 0.05) is 52.1 Å². The Morgan fingerprint density at radius 3 is 1.62 bits per heavy atom. The van der Waals surface area contributed by atoms with Gasteiger partial charge in [-0.3, -0.25) is 0 Å². The fraction of sp³-hybridized carbons (Fsp3) is 0.429. The zero-order valence-corrected chi connectivity index (χ0v) is 15.4. The van der Waals surface area contributed by atoms with Crippen molar-refractivity contribution in [3.8, 4) is 0 Å². The van der Waals surface area contributed by atoms with Crippen LogP contribution in [0.2, 0.25) is 0 Å². The lowest BCUT2D eigenvalue weighted by atomic mass is 9.84. The molecule has 0 aliphatic rings. The highest BCUT2D eigenvalue weighted by molar-refractivity contribution is 5.62. The first kappa shape index (κ1) is 18.3. The molecule has 3 nitrogen and oxygen atoms in total. The van der Waals surface area contributed by atoms with Crippen molar-refractivity contribution in [2.45, 2.75) is 25.2 Å². The molecule has 0 fully saturated rings. The number of rotatable bonds is 8. The van der Waals surface area contributed by atoms with Crippen LogP contribution in [0.1, 0.15) is 36.3 Å². The molecule has 0 saturated carbocycles. The molecule has 0 radical (unpaired) electrons.